The Morgan fingerprint density at radius 1 is 1.28 bits per heavy atom. The molecule has 1 aromatic heterocycles. The van der Waals surface area contributed by atoms with Crippen LogP contribution in [0.5, 0.6) is 0 Å². The minimum Gasteiger partial charge on any atom is -0.250 e. The van der Waals surface area contributed by atoms with Crippen molar-refractivity contribution in [2.24, 2.45) is 0 Å². The Balaban J connectivity index is 2.13. The molecule has 18 heavy (non-hydrogen) atoms. The first kappa shape index (κ1) is 13.2. The predicted molar refractivity (Wildman–Crippen MR) is 69.0 cm³/mol. The number of thiazole rings is 1. The van der Waals surface area contributed by atoms with Crippen molar-refractivity contribution in [1.82, 2.24) is 4.98 Å². The Morgan fingerprint density at radius 3 is 2.50 bits per heavy atom. The fourth-order valence-electron chi connectivity index (χ4n) is 1.55. The lowest BCUT2D eigenvalue weighted by atomic mass is 10.3. The van der Waals surface area contributed by atoms with E-state index in [2.05, 4.69) is 4.98 Å². The maximum absolute atomic E-state index is 12.7. The van der Waals surface area contributed by atoms with Crippen molar-refractivity contribution in [1.29, 1.82) is 0 Å². The summed E-state index contributed by atoms with van der Waals surface area (Å²) in [4.78, 5) is 5.21. The molecule has 0 saturated carbocycles. The molecule has 3 nitrogen and oxygen atoms in total. The van der Waals surface area contributed by atoms with E-state index in [0.29, 0.717) is 6.42 Å². The standard InChI is InChI=1S/C12H12FNO2S2/c1-9-12(17-8-14-9)6-7-18(15,16)11-4-2-10(13)3-5-11/h2-5,8H,6-7H2,1H3. The highest BCUT2D eigenvalue weighted by Crippen LogP contribution is 2.17. The smallest absolute Gasteiger partial charge is 0.178 e. The van der Waals surface area contributed by atoms with Gasteiger partial charge in [0.1, 0.15) is 5.82 Å². The maximum atomic E-state index is 12.7. The summed E-state index contributed by atoms with van der Waals surface area (Å²) in [6, 6.07) is 4.91. The highest BCUT2D eigenvalue weighted by molar-refractivity contribution is 7.91. The summed E-state index contributed by atoms with van der Waals surface area (Å²) >= 11 is 1.45. The first-order chi connectivity index (χ1) is 8.49. The monoisotopic (exact) mass is 285 g/mol. The van der Waals surface area contributed by atoms with Crippen molar-refractivity contribution in [3.05, 3.63) is 46.2 Å². The Kier molecular flexibility index (Phi) is 3.77. The zero-order valence-corrected chi connectivity index (χ0v) is 11.4. The third kappa shape index (κ3) is 2.94. The van der Waals surface area contributed by atoms with Crippen molar-refractivity contribution in [2.45, 2.75) is 18.2 Å². The Bertz CT molecular complexity index is 632. The number of rotatable bonds is 4. The number of benzene rings is 1. The van der Waals surface area contributed by atoms with Gasteiger partial charge in [-0.1, -0.05) is 0 Å². The summed E-state index contributed by atoms with van der Waals surface area (Å²) in [5, 5.41) is 0. The molecule has 0 fully saturated rings. The summed E-state index contributed by atoms with van der Waals surface area (Å²) in [5.74, 6) is -0.422. The van der Waals surface area contributed by atoms with Crippen molar-refractivity contribution in [3.63, 3.8) is 0 Å². The molecule has 2 aromatic rings. The number of hydrogen-bond donors (Lipinski definition) is 0. The Morgan fingerprint density at radius 2 is 1.94 bits per heavy atom. The molecule has 0 aliphatic carbocycles. The van der Waals surface area contributed by atoms with Gasteiger partial charge in [-0.15, -0.1) is 11.3 Å². The molecule has 0 saturated heterocycles. The lowest BCUT2D eigenvalue weighted by Crippen LogP contribution is -2.09. The summed E-state index contributed by atoms with van der Waals surface area (Å²) in [6.45, 7) is 1.86. The van der Waals surface area contributed by atoms with Gasteiger partial charge in [0, 0.05) is 4.88 Å². The van der Waals surface area contributed by atoms with Crippen LogP contribution >= 0.6 is 11.3 Å². The molecular weight excluding hydrogens is 273 g/mol. The van der Waals surface area contributed by atoms with Crippen molar-refractivity contribution in [2.75, 3.05) is 5.75 Å². The summed E-state index contributed by atoms with van der Waals surface area (Å²) in [7, 11) is -3.36. The molecule has 0 radical (unpaired) electrons. The van der Waals surface area contributed by atoms with Crippen LogP contribution in [0.3, 0.4) is 0 Å². The molecule has 2 rings (SSSR count). The molecule has 0 unspecified atom stereocenters. The van der Waals surface area contributed by atoms with Crippen LogP contribution in [-0.2, 0) is 16.3 Å². The van der Waals surface area contributed by atoms with E-state index in [1.54, 1.807) is 5.51 Å². The average Bonchev–Trinajstić information content (AvgIpc) is 2.73. The first-order valence-corrected chi connectivity index (χ1v) is 7.89. The second-order valence-corrected chi connectivity index (χ2v) is 6.93. The number of nitrogens with zero attached hydrogens (tertiary/aromatic N) is 1. The Labute approximate surface area is 109 Å². The van der Waals surface area contributed by atoms with Crippen molar-refractivity contribution >= 4 is 21.2 Å². The molecule has 0 N–H and O–H groups in total. The van der Waals surface area contributed by atoms with Gasteiger partial charge < -0.3 is 0 Å². The van der Waals surface area contributed by atoms with Crippen LogP contribution in [0.15, 0.2) is 34.7 Å². The summed E-state index contributed by atoms with van der Waals surface area (Å²) in [5.41, 5.74) is 2.57. The zero-order chi connectivity index (χ0) is 13.2. The lowest BCUT2D eigenvalue weighted by Gasteiger charge is -2.03. The number of aryl methyl sites for hydroxylation is 2. The molecule has 1 aromatic carbocycles. The van der Waals surface area contributed by atoms with Crippen LogP contribution in [0.2, 0.25) is 0 Å². The number of aromatic nitrogens is 1. The van der Waals surface area contributed by atoms with Gasteiger partial charge >= 0.3 is 0 Å². The molecule has 96 valence electrons. The largest absolute Gasteiger partial charge is 0.250 e. The van der Waals surface area contributed by atoms with Crippen LogP contribution in [0.1, 0.15) is 10.6 Å². The van der Waals surface area contributed by atoms with E-state index in [4.69, 9.17) is 0 Å². The molecule has 0 aliphatic heterocycles. The molecule has 1 heterocycles. The van der Waals surface area contributed by atoms with Crippen molar-refractivity contribution < 1.29 is 12.8 Å². The second kappa shape index (κ2) is 5.16. The van der Waals surface area contributed by atoms with Crippen LogP contribution in [-0.4, -0.2) is 19.2 Å². The first-order valence-electron chi connectivity index (χ1n) is 5.36. The van der Waals surface area contributed by atoms with E-state index in [1.807, 2.05) is 6.92 Å². The normalized spacial score (nSPS) is 11.7. The molecule has 0 amide bonds. The highest BCUT2D eigenvalue weighted by atomic mass is 32.2. The van der Waals surface area contributed by atoms with E-state index in [1.165, 1.54) is 23.5 Å². The fourth-order valence-corrected chi connectivity index (χ4v) is 3.72. The van der Waals surface area contributed by atoms with Crippen LogP contribution in [0.4, 0.5) is 4.39 Å². The molecule has 0 atom stereocenters. The third-order valence-electron chi connectivity index (χ3n) is 2.62. The van der Waals surface area contributed by atoms with E-state index in [9.17, 15) is 12.8 Å². The number of sulfone groups is 1. The zero-order valence-electron chi connectivity index (χ0n) is 9.76. The van der Waals surface area contributed by atoms with Gasteiger partial charge in [-0.3, -0.25) is 0 Å². The summed E-state index contributed by atoms with van der Waals surface area (Å²) < 4.78 is 36.8. The van der Waals surface area contributed by atoms with Gasteiger partial charge in [0.2, 0.25) is 0 Å². The van der Waals surface area contributed by atoms with Gasteiger partial charge in [-0.2, -0.15) is 0 Å². The second-order valence-electron chi connectivity index (χ2n) is 3.88. The minimum absolute atomic E-state index is 0.0155. The average molecular weight is 285 g/mol. The van der Waals surface area contributed by atoms with Gasteiger partial charge in [0.05, 0.1) is 21.9 Å². The van der Waals surface area contributed by atoms with Crippen molar-refractivity contribution in [3.8, 4) is 0 Å². The van der Waals surface area contributed by atoms with Gasteiger partial charge in [0.15, 0.2) is 9.84 Å². The van der Waals surface area contributed by atoms with Crippen LogP contribution in [0, 0.1) is 12.7 Å². The molecule has 0 aliphatic rings. The van der Waals surface area contributed by atoms with Gasteiger partial charge in [-0.05, 0) is 37.6 Å². The van der Waals surface area contributed by atoms with Gasteiger partial charge in [-0.25, -0.2) is 17.8 Å². The lowest BCUT2D eigenvalue weighted by molar-refractivity contribution is 0.594. The highest BCUT2D eigenvalue weighted by Gasteiger charge is 2.15. The third-order valence-corrected chi connectivity index (χ3v) is 5.34. The maximum Gasteiger partial charge on any atom is 0.178 e. The number of halogens is 1. The topological polar surface area (TPSA) is 47.0 Å². The molecular formula is C12H12FNO2S2. The fraction of sp³-hybridized carbons (Fsp3) is 0.250. The minimum atomic E-state index is -3.36. The Hall–Kier alpha value is -1.27. The van der Waals surface area contributed by atoms with Crippen LogP contribution in [0.25, 0.3) is 0 Å². The van der Waals surface area contributed by atoms with E-state index in [0.717, 1.165) is 22.7 Å². The van der Waals surface area contributed by atoms with E-state index >= 15 is 0 Å². The van der Waals surface area contributed by atoms with Gasteiger partial charge in [0.25, 0.3) is 0 Å². The molecule has 0 bridgehead atoms. The van der Waals surface area contributed by atoms with E-state index in [-0.39, 0.29) is 10.6 Å². The SMILES string of the molecule is Cc1ncsc1CCS(=O)(=O)c1ccc(F)cc1. The van der Waals surface area contributed by atoms with E-state index < -0.39 is 15.7 Å². The molecule has 6 heteroatoms. The quantitative estimate of drug-likeness (QED) is 0.811. The summed E-state index contributed by atoms with van der Waals surface area (Å²) in [6.07, 6.45) is 0.441. The predicted octanol–water partition coefficient (Wildman–Crippen LogP) is 2.61. The van der Waals surface area contributed by atoms with Crippen LogP contribution < -0.4 is 0 Å². The molecule has 0 spiro atoms. The number of hydrogen-bond acceptors (Lipinski definition) is 4.